The van der Waals surface area contributed by atoms with E-state index in [9.17, 15) is 13.6 Å². The van der Waals surface area contributed by atoms with Crippen molar-refractivity contribution >= 4 is 29.5 Å². The summed E-state index contributed by atoms with van der Waals surface area (Å²) in [5, 5.41) is 0. The standard InChI is InChI=1S/C25H27BF3N3O4/c1-7-17-21-30-16-12-15(27)14(26-35-24(2,3)25(4,5)36-26)11-18(16)32(21)20-13(22(33)31(17)6)9-8-10-19(20)34-23(28)29/h8-12,17,23H,7H2,1-6H3. The van der Waals surface area contributed by atoms with Crippen molar-refractivity contribution in [3.05, 3.63) is 47.5 Å². The van der Waals surface area contributed by atoms with E-state index in [-0.39, 0.29) is 28.4 Å². The lowest BCUT2D eigenvalue weighted by molar-refractivity contribution is -0.0498. The average Bonchev–Trinajstić information content (AvgIpc) is 3.21. The van der Waals surface area contributed by atoms with Crippen LogP contribution in [0.1, 0.15) is 63.3 Å². The molecule has 1 saturated heterocycles. The van der Waals surface area contributed by atoms with Crippen LogP contribution in [0.2, 0.25) is 0 Å². The Kier molecular flexibility index (Phi) is 5.64. The number of imidazole rings is 1. The maximum absolute atomic E-state index is 15.4. The Labute approximate surface area is 207 Å². The van der Waals surface area contributed by atoms with Crippen molar-refractivity contribution in [2.24, 2.45) is 0 Å². The van der Waals surface area contributed by atoms with Crippen LogP contribution in [-0.4, -0.2) is 52.3 Å². The predicted octanol–water partition coefficient (Wildman–Crippen LogP) is 4.60. The first kappa shape index (κ1) is 24.6. The number of ether oxygens (including phenoxy) is 1. The molecule has 0 radical (unpaired) electrons. The van der Waals surface area contributed by atoms with Crippen LogP contribution in [0.5, 0.6) is 5.75 Å². The van der Waals surface area contributed by atoms with E-state index in [0.29, 0.717) is 23.3 Å². The van der Waals surface area contributed by atoms with Gasteiger partial charge < -0.3 is 18.9 Å². The highest BCUT2D eigenvalue weighted by Crippen LogP contribution is 2.41. The molecular formula is C25H27BF3N3O4. The molecule has 3 aromatic rings. The summed E-state index contributed by atoms with van der Waals surface area (Å²) in [5.41, 5.74) is -0.203. The zero-order valence-corrected chi connectivity index (χ0v) is 20.9. The number of nitrogens with zero attached hydrogens (tertiary/aromatic N) is 3. The molecule has 1 atom stereocenters. The van der Waals surface area contributed by atoms with Gasteiger partial charge in [0.2, 0.25) is 0 Å². The summed E-state index contributed by atoms with van der Waals surface area (Å²) < 4.78 is 60.7. The van der Waals surface area contributed by atoms with Crippen LogP contribution in [0.25, 0.3) is 16.7 Å². The lowest BCUT2D eigenvalue weighted by atomic mass is 9.78. The Balaban J connectivity index is 1.80. The lowest BCUT2D eigenvalue weighted by Crippen LogP contribution is -2.41. The number of hydrogen-bond donors (Lipinski definition) is 0. The minimum Gasteiger partial charge on any atom is -0.433 e. The highest BCUT2D eigenvalue weighted by atomic mass is 19.3. The van der Waals surface area contributed by atoms with Crippen molar-refractivity contribution in [2.45, 2.75) is 64.9 Å². The second kappa shape index (κ2) is 8.24. The molecule has 11 heteroatoms. The van der Waals surface area contributed by atoms with Crippen LogP contribution >= 0.6 is 0 Å². The van der Waals surface area contributed by atoms with Crippen molar-refractivity contribution in [1.82, 2.24) is 14.5 Å². The molecule has 190 valence electrons. The zero-order valence-electron chi connectivity index (χ0n) is 20.9. The van der Waals surface area contributed by atoms with Gasteiger partial charge in [-0.15, -0.1) is 0 Å². The van der Waals surface area contributed by atoms with E-state index in [0.717, 1.165) is 0 Å². The van der Waals surface area contributed by atoms with Gasteiger partial charge in [-0.25, -0.2) is 9.37 Å². The predicted molar refractivity (Wildman–Crippen MR) is 129 cm³/mol. The molecule has 1 aromatic heterocycles. The van der Waals surface area contributed by atoms with Crippen molar-refractivity contribution in [2.75, 3.05) is 7.05 Å². The molecule has 0 spiro atoms. The Bertz CT molecular complexity index is 1360. The largest absolute Gasteiger partial charge is 0.497 e. The third-order valence-corrected chi connectivity index (χ3v) is 7.45. The van der Waals surface area contributed by atoms with Gasteiger partial charge in [-0.05, 0) is 52.3 Å². The Morgan fingerprint density at radius 2 is 1.83 bits per heavy atom. The van der Waals surface area contributed by atoms with E-state index >= 15 is 4.39 Å². The number of carbonyl (C=O) groups excluding carboxylic acids is 1. The molecule has 2 aliphatic rings. The van der Waals surface area contributed by atoms with Crippen LogP contribution in [0.4, 0.5) is 13.2 Å². The summed E-state index contributed by atoms with van der Waals surface area (Å²) in [6, 6.07) is 6.76. The first-order valence-electron chi connectivity index (χ1n) is 11.8. The van der Waals surface area contributed by atoms with Crippen LogP contribution in [0.3, 0.4) is 0 Å². The molecule has 36 heavy (non-hydrogen) atoms. The number of para-hydroxylation sites is 1. The molecule has 1 unspecified atom stereocenters. The van der Waals surface area contributed by atoms with Gasteiger partial charge >= 0.3 is 13.7 Å². The van der Waals surface area contributed by atoms with E-state index in [1.54, 1.807) is 23.7 Å². The first-order chi connectivity index (χ1) is 16.9. The van der Waals surface area contributed by atoms with Crippen LogP contribution in [0, 0.1) is 5.82 Å². The van der Waals surface area contributed by atoms with E-state index < -0.39 is 36.8 Å². The maximum atomic E-state index is 15.4. The van der Waals surface area contributed by atoms with Gasteiger partial charge in [0, 0.05) is 18.6 Å². The molecule has 0 saturated carbocycles. The minimum absolute atomic E-state index is 0.134. The first-order valence-corrected chi connectivity index (χ1v) is 11.8. The summed E-state index contributed by atoms with van der Waals surface area (Å²) in [7, 11) is 0.640. The van der Waals surface area contributed by atoms with Gasteiger partial charge in [-0.3, -0.25) is 9.36 Å². The van der Waals surface area contributed by atoms with Gasteiger partial charge in [-0.2, -0.15) is 8.78 Å². The number of aromatic nitrogens is 2. The number of amides is 1. The Morgan fingerprint density at radius 1 is 1.17 bits per heavy atom. The van der Waals surface area contributed by atoms with E-state index in [1.807, 2.05) is 34.6 Å². The number of hydrogen-bond acceptors (Lipinski definition) is 5. The number of benzene rings is 2. The molecule has 1 fully saturated rings. The molecule has 1 amide bonds. The van der Waals surface area contributed by atoms with Gasteiger partial charge in [0.25, 0.3) is 5.91 Å². The van der Waals surface area contributed by atoms with Crippen molar-refractivity contribution < 1.29 is 32.0 Å². The number of fused-ring (bicyclic) bond motifs is 5. The topological polar surface area (TPSA) is 65.8 Å². The fourth-order valence-corrected chi connectivity index (χ4v) is 4.82. The van der Waals surface area contributed by atoms with Crippen LogP contribution in [0.15, 0.2) is 30.3 Å². The number of rotatable bonds is 4. The number of halogens is 3. The summed E-state index contributed by atoms with van der Waals surface area (Å²) in [6.45, 7) is 6.25. The van der Waals surface area contributed by atoms with Crippen LogP contribution < -0.4 is 10.2 Å². The number of carbonyl (C=O) groups is 1. The monoisotopic (exact) mass is 501 g/mol. The SMILES string of the molecule is CCC1c2nc3cc(F)c(B4OC(C)(C)C(C)(C)O4)cc3n2-c2c(OC(F)F)cccc2C(=O)N1C. The smallest absolute Gasteiger partial charge is 0.433 e. The molecule has 0 aliphatic carbocycles. The van der Waals surface area contributed by atoms with Gasteiger partial charge in [0.15, 0.2) is 5.75 Å². The second-order valence-electron chi connectivity index (χ2n) is 10.1. The molecule has 2 aromatic carbocycles. The van der Waals surface area contributed by atoms with Crippen molar-refractivity contribution in [3.8, 4) is 11.4 Å². The third kappa shape index (κ3) is 3.59. The third-order valence-electron chi connectivity index (χ3n) is 7.45. The number of alkyl halides is 2. The van der Waals surface area contributed by atoms with Gasteiger partial charge in [0.1, 0.15) is 17.3 Å². The quantitative estimate of drug-likeness (QED) is 0.489. The fourth-order valence-electron chi connectivity index (χ4n) is 4.82. The fraction of sp³-hybridized carbons (Fsp3) is 0.440. The molecule has 2 aliphatic heterocycles. The molecular weight excluding hydrogens is 474 g/mol. The summed E-state index contributed by atoms with van der Waals surface area (Å²) in [4.78, 5) is 19.5. The van der Waals surface area contributed by atoms with Gasteiger partial charge in [-0.1, -0.05) is 13.0 Å². The zero-order chi connectivity index (χ0) is 26.2. The summed E-state index contributed by atoms with van der Waals surface area (Å²) in [5.74, 6) is -0.687. The molecule has 5 rings (SSSR count). The molecule has 7 nitrogen and oxygen atoms in total. The summed E-state index contributed by atoms with van der Waals surface area (Å²) in [6.07, 6.45) is 0.497. The molecule has 0 bridgehead atoms. The lowest BCUT2D eigenvalue weighted by Gasteiger charge is -2.32. The maximum Gasteiger partial charge on any atom is 0.497 e. The molecule has 0 N–H and O–H groups in total. The minimum atomic E-state index is -3.11. The van der Waals surface area contributed by atoms with E-state index in [2.05, 4.69) is 4.98 Å². The Morgan fingerprint density at radius 3 is 2.44 bits per heavy atom. The highest BCUT2D eigenvalue weighted by Gasteiger charge is 2.52. The van der Waals surface area contributed by atoms with Crippen molar-refractivity contribution in [3.63, 3.8) is 0 Å². The average molecular weight is 501 g/mol. The summed E-state index contributed by atoms with van der Waals surface area (Å²) >= 11 is 0. The van der Waals surface area contributed by atoms with E-state index in [4.69, 9.17) is 14.0 Å². The van der Waals surface area contributed by atoms with Crippen LogP contribution in [-0.2, 0) is 9.31 Å². The van der Waals surface area contributed by atoms with Gasteiger partial charge in [0.05, 0.1) is 33.8 Å². The second-order valence-corrected chi connectivity index (χ2v) is 10.1. The molecule has 3 heterocycles. The van der Waals surface area contributed by atoms with E-state index in [1.165, 1.54) is 23.1 Å². The van der Waals surface area contributed by atoms with Crippen molar-refractivity contribution in [1.29, 1.82) is 0 Å². The normalized spacial score (nSPS) is 20.6. The highest BCUT2D eigenvalue weighted by molar-refractivity contribution is 6.62. The Hall–Kier alpha value is -3.05.